The SMILES string of the molecule is C=C(C)c1ccccc1.C=CC(=C)C. The summed E-state index contributed by atoms with van der Waals surface area (Å²) in [5.41, 5.74) is 3.36. The van der Waals surface area contributed by atoms with Crippen molar-refractivity contribution in [3.63, 3.8) is 0 Å². The second kappa shape index (κ2) is 6.90. The molecular formula is C14H18. The smallest absolute Gasteiger partial charge is 0.0233 e. The minimum Gasteiger partial charge on any atom is -0.0988 e. The Morgan fingerprint density at radius 2 is 1.50 bits per heavy atom. The van der Waals surface area contributed by atoms with E-state index in [0.29, 0.717) is 0 Å². The molecule has 0 fully saturated rings. The summed E-state index contributed by atoms with van der Waals surface area (Å²) < 4.78 is 0. The van der Waals surface area contributed by atoms with Crippen LogP contribution in [0, 0.1) is 0 Å². The first-order chi connectivity index (χ1) is 6.57. The lowest BCUT2D eigenvalue weighted by atomic mass is 10.1. The van der Waals surface area contributed by atoms with Crippen molar-refractivity contribution in [2.24, 2.45) is 0 Å². The van der Waals surface area contributed by atoms with Gasteiger partial charge in [0, 0.05) is 0 Å². The van der Waals surface area contributed by atoms with Gasteiger partial charge in [-0.3, -0.25) is 0 Å². The lowest BCUT2D eigenvalue weighted by Gasteiger charge is -1.94. The van der Waals surface area contributed by atoms with E-state index in [-0.39, 0.29) is 0 Å². The normalized spacial score (nSPS) is 8.14. The van der Waals surface area contributed by atoms with Gasteiger partial charge in [-0.15, -0.1) is 0 Å². The molecule has 0 amide bonds. The van der Waals surface area contributed by atoms with Crippen LogP contribution < -0.4 is 0 Å². The van der Waals surface area contributed by atoms with Crippen LogP contribution in [0.1, 0.15) is 19.4 Å². The van der Waals surface area contributed by atoms with Crippen molar-refractivity contribution in [1.82, 2.24) is 0 Å². The lowest BCUT2D eigenvalue weighted by molar-refractivity contribution is 1.58. The van der Waals surface area contributed by atoms with Crippen molar-refractivity contribution < 1.29 is 0 Å². The molecule has 0 saturated carbocycles. The van der Waals surface area contributed by atoms with Crippen LogP contribution in [0.15, 0.2) is 61.7 Å². The summed E-state index contributed by atoms with van der Waals surface area (Å²) in [5.74, 6) is 0. The zero-order chi connectivity index (χ0) is 11.0. The van der Waals surface area contributed by atoms with Crippen LogP contribution in [0.25, 0.3) is 5.57 Å². The van der Waals surface area contributed by atoms with E-state index in [2.05, 4.69) is 31.9 Å². The summed E-state index contributed by atoms with van der Waals surface area (Å²) in [6, 6.07) is 10.2. The first-order valence-corrected chi connectivity index (χ1v) is 4.56. The molecule has 0 aromatic heterocycles. The molecular weight excluding hydrogens is 168 g/mol. The van der Waals surface area contributed by atoms with Crippen molar-refractivity contribution in [3.05, 3.63) is 67.3 Å². The Balaban J connectivity index is 0.000000292. The van der Waals surface area contributed by atoms with Gasteiger partial charge in [0.15, 0.2) is 0 Å². The molecule has 0 nitrogen and oxygen atoms in total. The van der Waals surface area contributed by atoms with E-state index in [1.807, 2.05) is 32.0 Å². The molecule has 0 radical (unpaired) electrons. The monoisotopic (exact) mass is 186 g/mol. The molecule has 0 saturated heterocycles. The number of hydrogen-bond acceptors (Lipinski definition) is 0. The van der Waals surface area contributed by atoms with Crippen LogP contribution in [0.4, 0.5) is 0 Å². The Morgan fingerprint density at radius 3 is 1.71 bits per heavy atom. The van der Waals surface area contributed by atoms with Gasteiger partial charge in [0.25, 0.3) is 0 Å². The Kier molecular flexibility index (Phi) is 6.13. The molecule has 0 spiro atoms. The van der Waals surface area contributed by atoms with Crippen LogP contribution in [0.5, 0.6) is 0 Å². The van der Waals surface area contributed by atoms with Crippen molar-refractivity contribution in [2.45, 2.75) is 13.8 Å². The summed E-state index contributed by atoms with van der Waals surface area (Å²) in [4.78, 5) is 0. The quantitative estimate of drug-likeness (QED) is 0.598. The topological polar surface area (TPSA) is 0 Å². The summed E-state index contributed by atoms with van der Waals surface area (Å²) in [6.45, 7) is 14.8. The van der Waals surface area contributed by atoms with E-state index in [0.717, 1.165) is 11.1 Å². The van der Waals surface area contributed by atoms with Gasteiger partial charge < -0.3 is 0 Å². The summed E-state index contributed by atoms with van der Waals surface area (Å²) in [5, 5.41) is 0. The minimum atomic E-state index is 1.02. The Morgan fingerprint density at radius 1 is 1.07 bits per heavy atom. The van der Waals surface area contributed by atoms with Crippen LogP contribution in [-0.4, -0.2) is 0 Å². The molecule has 0 bridgehead atoms. The third-order valence-corrected chi connectivity index (χ3v) is 1.62. The highest BCUT2D eigenvalue weighted by Gasteiger charge is 1.86. The van der Waals surface area contributed by atoms with Crippen molar-refractivity contribution in [1.29, 1.82) is 0 Å². The van der Waals surface area contributed by atoms with Crippen LogP contribution >= 0.6 is 0 Å². The molecule has 0 N–H and O–H groups in total. The maximum absolute atomic E-state index is 3.83. The first kappa shape index (κ1) is 12.4. The average molecular weight is 186 g/mol. The number of hydrogen-bond donors (Lipinski definition) is 0. The molecule has 0 aliphatic heterocycles. The second-order valence-corrected chi connectivity index (χ2v) is 3.20. The Bertz CT molecular complexity index is 304. The predicted octanol–water partition coefficient (Wildman–Crippen LogP) is 4.47. The standard InChI is InChI=1S/C9H10.C5H8/c1-8(2)9-6-4-3-5-7-9;1-4-5(2)3/h3-7H,1H2,2H3;4H,1-2H2,3H3. The van der Waals surface area contributed by atoms with Crippen molar-refractivity contribution in [3.8, 4) is 0 Å². The van der Waals surface area contributed by atoms with E-state index in [1.165, 1.54) is 5.56 Å². The van der Waals surface area contributed by atoms with Gasteiger partial charge in [0.05, 0.1) is 0 Å². The zero-order valence-electron chi connectivity index (χ0n) is 9.09. The predicted molar refractivity (Wildman–Crippen MR) is 66.2 cm³/mol. The largest absolute Gasteiger partial charge is 0.0988 e. The van der Waals surface area contributed by atoms with Gasteiger partial charge in [-0.25, -0.2) is 0 Å². The highest BCUT2D eigenvalue weighted by molar-refractivity contribution is 5.60. The van der Waals surface area contributed by atoms with E-state index < -0.39 is 0 Å². The molecule has 1 aromatic rings. The van der Waals surface area contributed by atoms with Gasteiger partial charge in [-0.05, 0) is 19.4 Å². The third-order valence-electron chi connectivity index (χ3n) is 1.62. The van der Waals surface area contributed by atoms with Gasteiger partial charge in [0.1, 0.15) is 0 Å². The van der Waals surface area contributed by atoms with Gasteiger partial charge in [0.2, 0.25) is 0 Å². The maximum Gasteiger partial charge on any atom is -0.0233 e. The Labute approximate surface area is 87.3 Å². The minimum absolute atomic E-state index is 1.02. The third kappa shape index (κ3) is 6.01. The number of rotatable bonds is 2. The lowest BCUT2D eigenvalue weighted by Crippen LogP contribution is -1.72. The zero-order valence-corrected chi connectivity index (χ0v) is 9.09. The first-order valence-electron chi connectivity index (χ1n) is 4.56. The summed E-state index contributed by atoms with van der Waals surface area (Å²) >= 11 is 0. The molecule has 0 aliphatic rings. The molecule has 0 heteroatoms. The van der Waals surface area contributed by atoms with E-state index in [4.69, 9.17) is 0 Å². The average Bonchev–Trinajstić information content (AvgIpc) is 2.20. The van der Waals surface area contributed by atoms with E-state index >= 15 is 0 Å². The fraction of sp³-hybridized carbons (Fsp3) is 0.143. The molecule has 74 valence electrons. The fourth-order valence-corrected chi connectivity index (χ4v) is 0.723. The number of allylic oxidation sites excluding steroid dienone is 3. The molecule has 14 heavy (non-hydrogen) atoms. The van der Waals surface area contributed by atoms with Crippen molar-refractivity contribution >= 4 is 5.57 Å². The van der Waals surface area contributed by atoms with Gasteiger partial charge in [-0.1, -0.05) is 67.3 Å². The van der Waals surface area contributed by atoms with Gasteiger partial charge >= 0.3 is 0 Å². The van der Waals surface area contributed by atoms with Gasteiger partial charge in [-0.2, -0.15) is 0 Å². The fourth-order valence-electron chi connectivity index (χ4n) is 0.723. The molecule has 1 aromatic carbocycles. The molecule has 0 atom stereocenters. The highest BCUT2D eigenvalue weighted by Crippen LogP contribution is 2.08. The second-order valence-electron chi connectivity index (χ2n) is 3.20. The molecule has 1 rings (SSSR count). The summed E-state index contributed by atoms with van der Waals surface area (Å²) in [6.07, 6.45) is 1.72. The number of benzene rings is 1. The maximum atomic E-state index is 3.83. The van der Waals surface area contributed by atoms with E-state index in [9.17, 15) is 0 Å². The van der Waals surface area contributed by atoms with E-state index in [1.54, 1.807) is 6.08 Å². The molecule has 0 heterocycles. The molecule has 0 unspecified atom stereocenters. The van der Waals surface area contributed by atoms with Crippen molar-refractivity contribution in [2.75, 3.05) is 0 Å². The van der Waals surface area contributed by atoms with Crippen LogP contribution in [0.3, 0.4) is 0 Å². The summed E-state index contributed by atoms with van der Waals surface area (Å²) in [7, 11) is 0. The highest BCUT2D eigenvalue weighted by atomic mass is 13.9. The Hall–Kier alpha value is -1.56. The van der Waals surface area contributed by atoms with Crippen LogP contribution in [-0.2, 0) is 0 Å². The molecule has 0 aliphatic carbocycles. The van der Waals surface area contributed by atoms with Crippen LogP contribution in [0.2, 0.25) is 0 Å².